The molecule has 0 bridgehead atoms. The van der Waals surface area contributed by atoms with Crippen LogP contribution in [0.4, 0.5) is 31.5 Å². The number of anilines is 4. The first-order valence-electron chi connectivity index (χ1n) is 17.4. The summed E-state index contributed by atoms with van der Waals surface area (Å²) in [6, 6.07) is 24.9. The number of fused-ring (bicyclic) bond motifs is 4. The molecule has 8 nitrogen and oxygen atoms in total. The zero-order valence-corrected chi connectivity index (χ0v) is 29.8. The van der Waals surface area contributed by atoms with E-state index < -0.39 is 11.9 Å². The minimum atomic E-state index is -0.674. The third-order valence-corrected chi connectivity index (χ3v) is 11.5. The third-order valence-electron chi connectivity index (χ3n) is 11.0. The van der Waals surface area contributed by atoms with Gasteiger partial charge < -0.3 is 19.5 Å². The van der Waals surface area contributed by atoms with E-state index in [0.29, 0.717) is 86.4 Å². The third kappa shape index (κ3) is 6.42. The van der Waals surface area contributed by atoms with Crippen LogP contribution in [0.25, 0.3) is 0 Å². The summed E-state index contributed by atoms with van der Waals surface area (Å²) >= 11 is 12.7. The largest absolute Gasteiger partial charge is 0.364 e. The molecule has 4 heterocycles. The molecule has 4 aliphatic heterocycles. The van der Waals surface area contributed by atoms with Gasteiger partial charge in [-0.3, -0.25) is 0 Å². The van der Waals surface area contributed by atoms with Gasteiger partial charge in [-0.15, -0.1) is 10.1 Å². The first-order valence-corrected chi connectivity index (χ1v) is 18.1. The van der Waals surface area contributed by atoms with E-state index in [-0.39, 0.29) is 22.5 Å². The normalized spacial score (nSPS) is 19.3. The Kier molecular flexibility index (Phi) is 9.19. The van der Waals surface area contributed by atoms with Crippen LogP contribution in [0.3, 0.4) is 0 Å². The van der Waals surface area contributed by atoms with Gasteiger partial charge in [0.15, 0.2) is 0 Å². The number of hydrogen-bond acceptors (Lipinski definition) is 8. The molecule has 0 aromatic heterocycles. The SMILES string of the molecule is O=C(/C=C\C(=O)ON1CCC2(CC1)CN(c1ccccc1F)c1cc(Cl)ccc12)ON1CCC2(CC1)CN(c1ccccc1F)c1cc(Cl)ccc12. The van der Waals surface area contributed by atoms with E-state index in [4.69, 9.17) is 32.9 Å². The maximum atomic E-state index is 14.9. The molecule has 0 amide bonds. The maximum Gasteiger partial charge on any atom is 0.349 e. The van der Waals surface area contributed by atoms with Crippen LogP contribution >= 0.6 is 23.2 Å². The summed E-state index contributed by atoms with van der Waals surface area (Å²) in [5.74, 6) is -1.95. The fourth-order valence-electron chi connectivity index (χ4n) is 8.39. The van der Waals surface area contributed by atoms with E-state index in [2.05, 4.69) is 0 Å². The van der Waals surface area contributed by atoms with Gasteiger partial charge in [0, 0.05) is 83.7 Å². The number of carbonyl (C=O) groups is 2. The van der Waals surface area contributed by atoms with E-state index in [0.717, 1.165) is 34.7 Å². The molecule has 8 rings (SSSR count). The van der Waals surface area contributed by atoms with E-state index in [1.54, 1.807) is 34.4 Å². The summed E-state index contributed by atoms with van der Waals surface area (Å²) in [4.78, 5) is 40.6. The molecule has 2 saturated heterocycles. The lowest BCUT2D eigenvalue weighted by Crippen LogP contribution is -2.45. The van der Waals surface area contributed by atoms with Crippen LogP contribution < -0.4 is 9.80 Å². The number of halogens is 4. The van der Waals surface area contributed by atoms with Crippen molar-refractivity contribution in [1.82, 2.24) is 10.1 Å². The summed E-state index contributed by atoms with van der Waals surface area (Å²) in [5, 5.41) is 4.37. The molecule has 0 radical (unpaired) electrons. The van der Waals surface area contributed by atoms with Crippen LogP contribution in [-0.2, 0) is 30.1 Å². The van der Waals surface area contributed by atoms with E-state index >= 15 is 0 Å². The molecular weight excluding hydrogens is 709 g/mol. The zero-order valence-electron chi connectivity index (χ0n) is 28.2. The number of rotatable bonds is 6. The molecule has 4 aromatic rings. The molecule has 4 aliphatic rings. The monoisotopic (exact) mass is 744 g/mol. The number of hydroxylamine groups is 4. The number of piperidine rings is 2. The summed E-state index contributed by atoms with van der Waals surface area (Å²) in [6.45, 7) is 3.04. The molecular formula is C40H36Cl2F2N4O4. The van der Waals surface area contributed by atoms with Crippen LogP contribution in [0, 0.1) is 11.6 Å². The Bertz CT molecular complexity index is 1920. The number of para-hydroxylation sites is 2. The Labute approximate surface area is 310 Å². The van der Waals surface area contributed by atoms with Gasteiger partial charge in [0.25, 0.3) is 0 Å². The smallest absolute Gasteiger partial charge is 0.349 e. The Morgan fingerprint density at radius 1 is 0.577 bits per heavy atom. The lowest BCUT2D eigenvalue weighted by molar-refractivity contribution is -0.193. The second-order valence-electron chi connectivity index (χ2n) is 14.0. The van der Waals surface area contributed by atoms with Gasteiger partial charge in [-0.25, -0.2) is 18.4 Å². The predicted octanol–water partition coefficient (Wildman–Crippen LogP) is 8.42. The molecule has 0 N–H and O–H groups in total. The first kappa shape index (κ1) is 34.6. The fourth-order valence-corrected chi connectivity index (χ4v) is 8.72. The van der Waals surface area contributed by atoms with Crippen molar-refractivity contribution in [3.05, 3.63) is 130 Å². The predicted molar refractivity (Wildman–Crippen MR) is 196 cm³/mol. The van der Waals surface area contributed by atoms with Crippen LogP contribution in [0.2, 0.25) is 10.0 Å². The lowest BCUT2D eigenvalue weighted by atomic mass is 9.74. The summed E-state index contributed by atoms with van der Waals surface area (Å²) < 4.78 is 29.7. The van der Waals surface area contributed by atoms with E-state index in [1.807, 2.05) is 58.3 Å². The van der Waals surface area contributed by atoms with Gasteiger partial charge in [-0.1, -0.05) is 59.6 Å². The number of benzene rings is 4. The molecule has 2 spiro atoms. The van der Waals surface area contributed by atoms with Crippen molar-refractivity contribution in [3.8, 4) is 0 Å². The first-order chi connectivity index (χ1) is 25.1. The van der Waals surface area contributed by atoms with Gasteiger partial charge in [0.05, 0.1) is 11.4 Å². The Hall–Kier alpha value is -4.48. The molecule has 4 aromatic carbocycles. The molecule has 0 aliphatic carbocycles. The van der Waals surface area contributed by atoms with Crippen LogP contribution in [0.15, 0.2) is 97.1 Å². The molecule has 0 unspecified atom stereocenters. The molecule has 12 heteroatoms. The Morgan fingerprint density at radius 3 is 1.35 bits per heavy atom. The van der Waals surface area contributed by atoms with E-state index in [9.17, 15) is 18.4 Å². The van der Waals surface area contributed by atoms with Crippen LogP contribution in [0.5, 0.6) is 0 Å². The van der Waals surface area contributed by atoms with Crippen molar-refractivity contribution in [3.63, 3.8) is 0 Å². The highest BCUT2D eigenvalue weighted by Crippen LogP contribution is 2.52. The van der Waals surface area contributed by atoms with Crippen molar-refractivity contribution in [2.45, 2.75) is 36.5 Å². The Balaban J connectivity index is 0.848. The summed E-state index contributed by atoms with van der Waals surface area (Å²) in [7, 11) is 0. The van der Waals surface area contributed by atoms with Crippen molar-refractivity contribution in [2.24, 2.45) is 0 Å². The van der Waals surface area contributed by atoms with Crippen LogP contribution in [-0.4, -0.2) is 61.3 Å². The Morgan fingerprint density at radius 2 is 0.962 bits per heavy atom. The lowest BCUT2D eigenvalue weighted by Gasteiger charge is -2.38. The van der Waals surface area contributed by atoms with Crippen LogP contribution in [0.1, 0.15) is 36.8 Å². The van der Waals surface area contributed by atoms with Crippen molar-refractivity contribution in [1.29, 1.82) is 0 Å². The van der Waals surface area contributed by atoms with Crippen molar-refractivity contribution >= 4 is 57.9 Å². The van der Waals surface area contributed by atoms with Gasteiger partial charge in [0.1, 0.15) is 11.6 Å². The highest BCUT2D eigenvalue weighted by Gasteiger charge is 2.47. The number of hydrogen-bond donors (Lipinski definition) is 0. The number of nitrogens with zero attached hydrogens (tertiary/aromatic N) is 4. The zero-order chi connectivity index (χ0) is 36.0. The van der Waals surface area contributed by atoms with Gasteiger partial charge in [-0.05, 0) is 85.3 Å². The number of carbonyl (C=O) groups excluding carboxylic acids is 2. The average Bonchev–Trinajstić information content (AvgIpc) is 3.61. The standard InChI is InChI=1S/C40H36Cl2F2N4O4/c41-27-9-11-29-35(23-27)47(33-7-3-1-5-31(33)43)25-39(29)15-19-45(20-16-39)51-37(49)13-14-38(50)52-46-21-17-40(18-22-46)26-48(34-8-4-2-6-32(34)44)36-24-28(42)10-12-30(36)40/h1-14,23-24H,15-22,25-26H2/b14-13-. The van der Waals surface area contributed by atoms with Crippen molar-refractivity contribution < 1.29 is 28.0 Å². The van der Waals surface area contributed by atoms with Gasteiger partial charge in [0.2, 0.25) is 0 Å². The minimum Gasteiger partial charge on any atom is -0.364 e. The van der Waals surface area contributed by atoms with E-state index in [1.165, 1.54) is 12.1 Å². The summed E-state index contributed by atoms with van der Waals surface area (Å²) in [6.07, 6.45) is 4.87. The minimum absolute atomic E-state index is 0.262. The highest BCUT2D eigenvalue weighted by molar-refractivity contribution is 6.31. The second kappa shape index (κ2) is 13.8. The topological polar surface area (TPSA) is 65.6 Å². The summed E-state index contributed by atoms with van der Waals surface area (Å²) in [5.41, 5.74) is 4.44. The molecule has 52 heavy (non-hydrogen) atoms. The molecule has 2 fully saturated rings. The molecule has 0 saturated carbocycles. The average molecular weight is 746 g/mol. The fraction of sp³-hybridized carbons (Fsp3) is 0.300. The quantitative estimate of drug-likeness (QED) is 0.183. The second-order valence-corrected chi connectivity index (χ2v) is 14.8. The van der Waals surface area contributed by atoms with Crippen molar-refractivity contribution in [2.75, 3.05) is 49.1 Å². The molecule has 0 atom stereocenters. The maximum absolute atomic E-state index is 14.9. The molecule has 268 valence electrons. The van der Waals surface area contributed by atoms with Gasteiger partial charge in [-0.2, -0.15) is 0 Å². The van der Waals surface area contributed by atoms with Gasteiger partial charge >= 0.3 is 11.9 Å². The highest BCUT2D eigenvalue weighted by atomic mass is 35.5.